The Morgan fingerprint density at radius 3 is 2.53 bits per heavy atom. The maximum atomic E-state index is 9.02. The lowest BCUT2D eigenvalue weighted by Crippen LogP contribution is -2.26. The fourth-order valence-corrected chi connectivity index (χ4v) is 2.30. The van der Waals surface area contributed by atoms with E-state index in [9.17, 15) is 0 Å². The molecule has 0 saturated carbocycles. The van der Waals surface area contributed by atoms with Gasteiger partial charge < -0.3 is 10.0 Å². The molecular formula is C11H11BO2S. The summed E-state index contributed by atoms with van der Waals surface area (Å²) >= 11 is 1.36. The van der Waals surface area contributed by atoms with Crippen molar-refractivity contribution >= 4 is 23.2 Å². The number of rotatable bonds is 2. The summed E-state index contributed by atoms with van der Waals surface area (Å²) in [6, 6.07) is 9.87. The molecule has 2 aromatic rings. The highest BCUT2D eigenvalue weighted by molar-refractivity contribution is 7.20. The van der Waals surface area contributed by atoms with Crippen LogP contribution >= 0.6 is 11.3 Å². The molecule has 0 saturated heterocycles. The monoisotopic (exact) mass is 218 g/mol. The fraction of sp³-hybridized carbons (Fsp3) is 0.0909. The fourth-order valence-electron chi connectivity index (χ4n) is 1.53. The normalized spacial score (nSPS) is 10.3. The summed E-state index contributed by atoms with van der Waals surface area (Å²) in [7, 11) is -1.37. The highest BCUT2D eigenvalue weighted by Gasteiger charge is 2.14. The van der Waals surface area contributed by atoms with E-state index in [1.807, 2.05) is 42.6 Å². The molecule has 1 aromatic carbocycles. The van der Waals surface area contributed by atoms with Crippen LogP contribution in [0.25, 0.3) is 11.1 Å². The van der Waals surface area contributed by atoms with Gasteiger partial charge in [-0.05, 0) is 35.1 Å². The van der Waals surface area contributed by atoms with Gasteiger partial charge in [0.2, 0.25) is 0 Å². The molecule has 1 heterocycles. The first-order chi connectivity index (χ1) is 7.18. The molecule has 2 N–H and O–H groups in total. The SMILES string of the molecule is Cc1ccccc1-c1csc(B(O)O)c1. The standard InChI is InChI=1S/C11H11BO2S/c1-8-4-2-3-5-10(8)9-6-11(12(13)14)15-7-9/h2-7,13-14H,1H3. The first-order valence-corrected chi connectivity index (χ1v) is 5.57. The van der Waals surface area contributed by atoms with E-state index < -0.39 is 7.12 Å². The van der Waals surface area contributed by atoms with Gasteiger partial charge in [0.1, 0.15) is 0 Å². The van der Waals surface area contributed by atoms with Crippen molar-refractivity contribution in [2.24, 2.45) is 0 Å². The third-order valence-corrected chi connectivity index (χ3v) is 3.30. The second-order valence-electron chi connectivity index (χ2n) is 3.43. The van der Waals surface area contributed by atoms with Crippen LogP contribution in [0.4, 0.5) is 0 Å². The van der Waals surface area contributed by atoms with Crippen LogP contribution in [0.5, 0.6) is 0 Å². The van der Waals surface area contributed by atoms with Crippen LogP contribution in [-0.2, 0) is 0 Å². The van der Waals surface area contributed by atoms with Crippen molar-refractivity contribution in [3.05, 3.63) is 41.3 Å². The minimum atomic E-state index is -1.37. The van der Waals surface area contributed by atoms with E-state index in [-0.39, 0.29) is 0 Å². The lowest BCUT2D eigenvalue weighted by molar-refractivity contribution is 0.427. The molecule has 0 aliphatic rings. The first-order valence-electron chi connectivity index (χ1n) is 4.69. The number of hydrogen-bond donors (Lipinski definition) is 2. The molecule has 0 fully saturated rings. The van der Waals surface area contributed by atoms with Gasteiger partial charge in [-0.15, -0.1) is 0 Å². The zero-order valence-corrected chi connectivity index (χ0v) is 9.16. The Bertz CT molecular complexity index is 465. The Labute approximate surface area is 93.0 Å². The zero-order chi connectivity index (χ0) is 10.8. The van der Waals surface area contributed by atoms with Gasteiger partial charge in [0, 0.05) is 4.78 Å². The smallest absolute Gasteiger partial charge is 0.423 e. The Kier molecular flexibility index (Phi) is 2.91. The Morgan fingerprint density at radius 1 is 1.20 bits per heavy atom. The van der Waals surface area contributed by atoms with Crippen LogP contribution in [0.2, 0.25) is 0 Å². The summed E-state index contributed by atoms with van der Waals surface area (Å²) < 4.78 is 0.577. The molecule has 15 heavy (non-hydrogen) atoms. The van der Waals surface area contributed by atoms with E-state index in [0.717, 1.165) is 11.1 Å². The molecule has 0 amide bonds. The van der Waals surface area contributed by atoms with Crippen LogP contribution in [0.1, 0.15) is 5.56 Å². The average molecular weight is 218 g/mol. The summed E-state index contributed by atoms with van der Waals surface area (Å²) in [5.41, 5.74) is 3.37. The van der Waals surface area contributed by atoms with E-state index >= 15 is 0 Å². The van der Waals surface area contributed by atoms with Gasteiger partial charge in [0.05, 0.1) is 0 Å². The van der Waals surface area contributed by atoms with Gasteiger partial charge >= 0.3 is 7.12 Å². The summed E-state index contributed by atoms with van der Waals surface area (Å²) in [5.74, 6) is 0. The molecule has 0 atom stereocenters. The van der Waals surface area contributed by atoms with E-state index in [2.05, 4.69) is 0 Å². The molecule has 2 rings (SSSR count). The summed E-state index contributed by atoms with van der Waals surface area (Å²) in [4.78, 5) is 0. The van der Waals surface area contributed by atoms with Crippen molar-refractivity contribution in [2.75, 3.05) is 0 Å². The maximum absolute atomic E-state index is 9.02. The third kappa shape index (κ3) is 2.12. The highest BCUT2D eigenvalue weighted by Crippen LogP contribution is 2.24. The molecule has 0 bridgehead atoms. The summed E-state index contributed by atoms with van der Waals surface area (Å²) in [5, 5.41) is 20.0. The van der Waals surface area contributed by atoms with Crippen LogP contribution in [-0.4, -0.2) is 17.2 Å². The lowest BCUT2D eigenvalue weighted by atomic mass is 9.88. The van der Waals surface area contributed by atoms with Crippen molar-refractivity contribution in [3.63, 3.8) is 0 Å². The number of thiophene rings is 1. The molecule has 0 aliphatic carbocycles. The van der Waals surface area contributed by atoms with Crippen molar-refractivity contribution in [1.29, 1.82) is 0 Å². The van der Waals surface area contributed by atoms with Crippen LogP contribution in [0.3, 0.4) is 0 Å². The van der Waals surface area contributed by atoms with E-state index in [4.69, 9.17) is 10.0 Å². The average Bonchev–Trinajstić information content (AvgIpc) is 2.67. The van der Waals surface area contributed by atoms with Gasteiger partial charge in [-0.1, -0.05) is 24.3 Å². The second kappa shape index (κ2) is 4.19. The van der Waals surface area contributed by atoms with E-state index in [1.54, 1.807) is 0 Å². The lowest BCUT2D eigenvalue weighted by Gasteiger charge is -2.01. The maximum Gasteiger partial charge on any atom is 0.499 e. The molecule has 0 spiro atoms. The van der Waals surface area contributed by atoms with Crippen LogP contribution in [0, 0.1) is 6.92 Å². The molecular weight excluding hydrogens is 207 g/mol. The minimum absolute atomic E-state index is 0.577. The van der Waals surface area contributed by atoms with Crippen molar-refractivity contribution in [3.8, 4) is 11.1 Å². The molecule has 0 radical (unpaired) electrons. The van der Waals surface area contributed by atoms with Gasteiger partial charge in [0.25, 0.3) is 0 Å². The second-order valence-corrected chi connectivity index (χ2v) is 4.37. The number of benzene rings is 1. The molecule has 4 heteroatoms. The molecule has 2 nitrogen and oxygen atoms in total. The molecule has 0 aliphatic heterocycles. The predicted octanol–water partition coefficient (Wildman–Crippen LogP) is 1.40. The predicted molar refractivity (Wildman–Crippen MR) is 64.3 cm³/mol. The highest BCUT2D eigenvalue weighted by atomic mass is 32.1. The van der Waals surface area contributed by atoms with Crippen molar-refractivity contribution in [1.82, 2.24) is 0 Å². The Hall–Kier alpha value is -1.10. The van der Waals surface area contributed by atoms with E-state index in [0.29, 0.717) is 4.78 Å². The van der Waals surface area contributed by atoms with Gasteiger partial charge in [0.15, 0.2) is 0 Å². The summed E-state index contributed by atoms with van der Waals surface area (Å²) in [6.07, 6.45) is 0. The van der Waals surface area contributed by atoms with Gasteiger partial charge in [-0.25, -0.2) is 0 Å². The van der Waals surface area contributed by atoms with Crippen LogP contribution in [0.15, 0.2) is 35.7 Å². The van der Waals surface area contributed by atoms with Gasteiger partial charge in [-0.3, -0.25) is 0 Å². The Morgan fingerprint density at radius 2 is 1.93 bits per heavy atom. The minimum Gasteiger partial charge on any atom is -0.423 e. The van der Waals surface area contributed by atoms with Crippen molar-refractivity contribution in [2.45, 2.75) is 6.92 Å². The van der Waals surface area contributed by atoms with E-state index in [1.165, 1.54) is 16.9 Å². The van der Waals surface area contributed by atoms with Gasteiger partial charge in [-0.2, -0.15) is 11.3 Å². The molecule has 0 unspecified atom stereocenters. The molecule has 76 valence electrons. The quantitative estimate of drug-likeness (QED) is 0.748. The number of hydrogen-bond acceptors (Lipinski definition) is 3. The largest absolute Gasteiger partial charge is 0.499 e. The first kappa shape index (κ1) is 10.4. The summed E-state index contributed by atoms with van der Waals surface area (Å²) in [6.45, 7) is 2.04. The topological polar surface area (TPSA) is 40.5 Å². The van der Waals surface area contributed by atoms with Crippen molar-refractivity contribution < 1.29 is 10.0 Å². The third-order valence-electron chi connectivity index (χ3n) is 2.33. The molecule has 1 aromatic heterocycles. The number of aryl methyl sites for hydroxylation is 1. The Balaban J connectivity index is 2.42. The van der Waals surface area contributed by atoms with Crippen LogP contribution < -0.4 is 4.78 Å². The zero-order valence-electron chi connectivity index (χ0n) is 8.34.